The zero-order valence-electron chi connectivity index (χ0n) is 17.6. The fourth-order valence-electron chi connectivity index (χ4n) is 3.89. The van der Waals surface area contributed by atoms with Crippen molar-refractivity contribution in [3.05, 3.63) is 101 Å². The molecule has 1 N–H and O–H groups in total. The molecule has 0 aliphatic carbocycles. The Kier molecular flexibility index (Phi) is 8.75. The molecule has 0 fully saturated rings. The van der Waals surface area contributed by atoms with Gasteiger partial charge in [-0.15, -0.1) is 12.4 Å². The van der Waals surface area contributed by atoms with Gasteiger partial charge in [-0.3, -0.25) is 0 Å². The fraction of sp³-hybridized carbons (Fsp3) is 0.280. The molecule has 0 aromatic heterocycles. The summed E-state index contributed by atoms with van der Waals surface area (Å²) in [7, 11) is 5.71. The van der Waals surface area contributed by atoms with E-state index in [0.717, 1.165) is 23.3 Å². The largest absolute Gasteiger partial charge is 0.497 e. The van der Waals surface area contributed by atoms with Crippen LogP contribution in [0.1, 0.15) is 16.7 Å². The molecule has 2 atom stereocenters. The number of aliphatic hydroxyl groups is 1. The highest BCUT2D eigenvalue weighted by Crippen LogP contribution is 2.40. The minimum absolute atomic E-state index is 0. The van der Waals surface area contributed by atoms with E-state index in [4.69, 9.17) is 16.3 Å². The van der Waals surface area contributed by atoms with Crippen molar-refractivity contribution in [1.82, 2.24) is 4.90 Å². The van der Waals surface area contributed by atoms with E-state index < -0.39 is 5.60 Å². The fourth-order valence-corrected chi connectivity index (χ4v) is 4.01. The maximum atomic E-state index is 12.3. The number of nitrogens with zero attached hydrogens (tertiary/aromatic N) is 1. The predicted octanol–water partition coefficient (Wildman–Crippen LogP) is 5.43. The average Bonchev–Trinajstić information content (AvgIpc) is 2.73. The third-order valence-corrected chi connectivity index (χ3v) is 5.55. The lowest BCUT2D eigenvalue weighted by Gasteiger charge is -2.39. The summed E-state index contributed by atoms with van der Waals surface area (Å²) in [5, 5.41) is 13.0. The van der Waals surface area contributed by atoms with Crippen molar-refractivity contribution < 1.29 is 9.84 Å². The Labute approximate surface area is 190 Å². The second-order valence-corrected chi connectivity index (χ2v) is 8.09. The van der Waals surface area contributed by atoms with Crippen LogP contribution >= 0.6 is 24.0 Å². The lowest BCUT2D eigenvalue weighted by Crippen LogP contribution is -2.43. The van der Waals surface area contributed by atoms with Crippen molar-refractivity contribution in [1.29, 1.82) is 0 Å². The predicted molar refractivity (Wildman–Crippen MR) is 127 cm³/mol. The summed E-state index contributed by atoms with van der Waals surface area (Å²) < 4.78 is 5.44. The molecule has 3 aromatic carbocycles. The van der Waals surface area contributed by atoms with Gasteiger partial charge in [-0.2, -0.15) is 0 Å². The van der Waals surface area contributed by atoms with Crippen molar-refractivity contribution in [2.24, 2.45) is 5.92 Å². The number of rotatable bonds is 8. The molecule has 5 heteroatoms. The second kappa shape index (κ2) is 10.8. The molecule has 0 amide bonds. The summed E-state index contributed by atoms with van der Waals surface area (Å²) in [6.45, 7) is 0.714. The Morgan fingerprint density at radius 1 is 0.933 bits per heavy atom. The van der Waals surface area contributed by atoms with Crippen LogP contribution in [0.15, 0.2) is 78.9 Å². The Hall–Kier alpha value is -2.04. The molecule has 160 valence electrons. The van der Waals surface area contributed by atoms with Gasteiger partial charge in [0, 0.05) is 17.5 Å². The highest BCUT2D eigenvalue weighted by atomic mass is 35.5. The minimum atomic E-state index is -1.21. The Bertz CT molecular complexity index is 916. The van der Waals surface area contributed by atoms with Gasteiger partial charge in [0.15, 0.2) is 0 Å². The van der Waals surface area contributed by atoms with Crippen LogP contribution in [0.2, 0.25) is 5.02 Å². The van der Waals surface area contributed by atoms with Gasteiger partial charge in [-0.05, 0) is 61.5 Å². The molecule has 0 spiro atoms. The number of benzene rings is 3. The smallest absolute Gasteiger partial charge is 0.119 e. The summed E-state index contributed by atoms with van der Waals surface area (Å²) in [5.74, 6) is 0.631. The summed E-state index contributed by atoms with van der Waals surface area (Å²) in [6.07, 6.45) is 0.732. The van der Waals surface area contributed by atoms with Crippen LogP contribution in [0.3, 0.4) is 0 Å². The van der Waals surface area contributed by atoms with Crippen LogP contribution in [-0.2, 0) is 12.0 Å². The summed E-state index contributed by atoms with van der Waals surface area (Å²) >= 11 is 6.14. The van der Waals surface area contributed by atoms with Gasteiger partial charge in [-0.25, -0.2) is 0 Å². The highest BCUT2D eigenvalue weighted by molar-refractivity contribution is 6.30. The molecule has 0 saturated heterocycles. The maximum Gasteiger partial charge on any atom is 0.119 e. The summed E-state index contributed by atoms with van der Waals surface area (Å²) in [5.41, 5.74) is 1.61. The van der Waals surface area contributed by atoms with Crippen LogP contribution in [0.4, 0.5) is 0 Å². The van der Waals surface area contributed by atoms with Crippen LogP contribution in [0.5, 0.6) is 5.75 Å². The maximum absolute atomic E-state index is 12.3. The first-order chi connectivity index (χ1) is 13.9. The lowest BCUT2D eigenvalue weighted by molar-refractivity contribution is 0.00494. The molecular formula is C25H29Cl2NO2. The first kappa shape index (κ1) is 24.2. The van der Waals surface area contributed by atoms with E-state index >= 15 is 0 Å². The normalized spacial score (nSPS) is 13.9. The highest BCUT2D eigenvalue weighted by Gasteiger charge is 2.40. The van der Waals surface area contributed by atoms with E-state index in [-0.39, 0.29) is 18.3 Å². The SMILES string of the molecule is COc1cccc(C(O)(c2ccc(Cl)cc2)C(Cc2ccccc2)CN(C)C)c1.Cl. The van der Waals surface area contributed by atoms with Crippen molar-refractivity contribution in [3.63, 3.8) is 0 Å². The quantitative estimate of drug-likeness (QED) is 0.501. The average molecular weight is 446 g/mol. The third kappa shape index (κ3) is 5.55. The van der Waals surface area contributed by atoms with E-state index in [1.807, 2.05) is 80.8 Å². The zero-order chi connectivity index (χ0) is 20.9. The molecule has 0 bridgehead atoms. The molecule has 0 heterocycles. The van der Waals surface area contributed by atoms with Crippen molar-refractivity contribution >= 4 is 24.0 Å². The molecule has 2 unspecified atom stereocenters. The van der Waals surface area contributed by atoms with Crippen LogP contribution in [0, 0.1) is 5.92 Å². The van der Waals surface area contributed by atoms with Crippen LogP contribution in [0.25, 0.3) is 0 Å². The van der Waals surface area contributed by atoms with Gasteiger partial charge in [-0.1, -0.05) is 66.2 Å². The Morgan fingerprint density at radius 3 is 2.20 bits per heavy atom. The van der Waals surface area contributed by atoms with Gasteiger partial charge in [0.25, 0.3) is 0 Å². The van der Waals surface area contributed by atoms with Crippen molar-refractivity contribution in [2.45, 2.75) is 12.0 Å². The van der Waals surface area contributed by atoms with Gasteiger partial charge < -0.3 is 14.7 Å². The lowest BCUT2D eigenvalue weighted by atomic mass is 9.73. The summed E-state index contributed by atoms with van der Waals surface area (Å²) in [6, 6.07) is 25.5. The van der Waals surface area contributed by atoms with Gasteiger partial charge in [0.05, 0.1) is 7.11 Å². The first-order valence-electron chi connectivity index (χ1n) is 9.75. The van der Waals surface area contributed by atoms with Crippen LogP contribution in [-0.4, -0.2) is 37.8 Å². The molecule has 0 aliphatic heterocycles. The van der Waals surface area contributed by atoms with Crippen LogP contribution < -0.4 is 4.74 Å². The molecule has 3 nitrogen and oxygen atoms in total. The zero-order valence-corrected chi connectivity index (χ0v) is 19.2. The van der Waals surface area contributed by atoms with E-state index in [0.29, 0.717) is 11.6 Å². The van der Waals surface area contributed by atoms with Gasteiger partial charge in [0.1, 0.15) is 11.4 Å². The van der Waals surface area contributed by atoms with Crippen molar-refractivity contribution in [3.8, 4) is 5.75 Å². The molecule has 3 aromatic rings. The topological polar surface area (TPSA) is 32.7 Å². The minimum Gasteiger partial charge on any atom is -0.497 e. The van der Waals surface area contributed by atoms with E-state index in [2.05, 4.69) is 17.0 Å². The molecule has 0 saturated carbocycles. The number of hydrogen-bond donors (Lipinski definition) is 1. The Balaban J connectivity index is 0.00000320. The second-order valence-electron chi connectivity index (χ2n) is 7.65. The van der Waals surface area contributed by atoms with E-state index in [9.17, 15) is 5.11 Å². The monoisotopic (exact) mass is 445 g/mol. The Morgan fingerprint density at radius 2 is 1.60 bits per heavy atom. The van der Waals surface area contributed by atoms with E-state index in [1.165, 1.54) is 5.56 Å². The molecule has 30 heavy (non-hydrogen) atoms. The van der Waals surface area contributed by atoms with E-state index in [1.54, 1.807) is 7.11 Å². The van der Waals surface area contributed by atoms with Gasteiger partial charge >= 0.3 is 0 Å². The first-order valence-corrected chi connectivity index (χ1v) is 10.1. The number of halogens is 2. The summed E-state index contributed by atoms with van der Waals surface area (Å²) in [4.78, 5) is 2.12. The number of ether oxygens (including phenoxy) is 1. The molecule has 0 aliphatic rings. The molecule has 3 rings (SSSR count). The van der Waals surface area contributed by atoms with Gasteiger partial charge in [0.2, 0.25) is 0 Å². The number of methoxy groups -OCH3 is 1. The standard InChI is InChI=1S/C25H28ClNO2.ClH/c1-27(2)18-22(16-19-8-5-4-6-9-19)25(28,20-12-14-23(26)15-13-20)21-10-7-11-24(17-21)29-3;/h4-15,17,22,28H,16,18H2,1-3H3;1H. The van der Waals surface area contributed by atoms with Crippen molar-refractivity contribution in [2.75, 3.05) is 27.7 Å². The molecule has 0 radical (unpaired) electrons. The number of hydrogen-bond acceptors (Lipinski definition) is 3. The third-order valence-electron chi connectivity index (χ3n) is 5.30. The molecular weight excluding hydrogens is 417 g/mol.